The summed E-state index contributed by atoms with van der Waals surface area (Å²) in [5.74, 6) is 0. The van der Waals surface area contributed by atoms with Crippen LogP contribution in [0.25, 0.3) is 0 Å². The van der Waals surface area contributed by atoms with Gasteiger partial charge in [-0.15, -0.1) is 0 Å². The molecule has 1 aromatic rings. The molecule has 94 valence electrons. The summed E-state index contributed by atoms with van der Waals surface area (Å²) < 4.78 is 0. The molecule has 0 bridgehead atoms. The number of hydrogen-bond donors (Lipinski definition) is 1. The summed E-state index contributed by atoms with van der Waals surface area (Å²) in [4.78, 5) is 2.51. The number of hydrogen-bond acceptors (Lipinski definition) is 2. The molecule has 17 heavy (non-hydrogen) atoms. The summed E-state index contributed by atoms with van der Waals surface area (Å²) in [6.45, 7) is 4.35. The summed E-state index contributed by atoms with van der Waals surface area (Å²) in [6, 6.07) is 12.2. The van der Waals surface area contributed by atoms with Gasteiger partial charge in [0.25, 0.3) is 0 Å². The minimum absolute atomic E-state index is 0.689. The van der Waals surface area contributed by atoms with Gasteiger partial charge in [0.15, 0.2) is 0 Å². The number of nitrogens with one attached hydrogen (secondary N) is 1. The summed E-state index contributed by atoms with van der Waals surface area (Å²) in [7, 11) is 2.26. The summed E-state index contributed by atoms with van der Waals surface area (Å²) in [5.41, 5.74) is 1.41. The zero-order valence-corrected chi connectivity index (χ0v) is 11.0. The van der Waals surface area contributed by atoms with E-state index in [-0.39, 0.29) is 0 Å². The van der Waals surface area contributed by atoms with Crippen LogP contribution >= 0.6 is 0 Å². The third-order valence-corrected chi connectivity index (χ3v) is 3.79. The van der Waals surface area contributed by atoms with Crippen molar-refractivity contribution < 1.29 is 0 Å². The lowest BCUT2D eigenvalue weighted by atomic mass is 10.1. The van der Waals surface area contributed by atoms with Gasteiger partial charge in [-0.1, -0.05) is 43.7 Å². The van der Waals surface area contributed by atoms with Crippen LogP contribution in [-0.4, -0.2) is 30.6 Å². The van der Waals surface area contributed by atoms with E-state index in [1.54, 1.807) is 0 Å². The van der Waals surface area contributed by atoms with Gasteiger partial charge >= 0.3 is 0 Å². The topological polar surface area (TPSA) is 15.3 Å². The van der Waals surface area contributed by atoms with Crippen LogP contribution < -0.4 is 5.32 Å². The van der Waals surface area contributed by atoms with Crippen molar-refractivity contribution >= 4 is 0 Å². The molecule has 1 aliphatic carbocycles. The van der Waals surface area contributed by atoms with Gasteiger partial charge in [0.05, 0.1) is 0 Å². The monoisotopic (exact) mass is 232 g/mol. The van der Waals surface area contributed by atoms with Crippen LogP contribution in [0, 0.1) is 0 Å². The van der Waals surface area contributed by atoms with Crippen molar-refractivity contribution in [3.05, 3.63) is 35.9 Å². The molecule has 1 aliphatic rings. The van der Waals surface area contributed by atoms with E-state index in [9.17, 15) is 0 Å². The lowest BCUT2D eigenvalue weighted by Crippen LogP contribution is -2.44. The highest BCUT2D eigenvalue weighted by Gasteiger charge is 2.29. The van der Waals surface area contributed by atoms with Crippen molar-refractivity contribution in [1.29, 1.82) is 0 Å². The zero-order valence-electron chi connectivity index (χ0n) is 11.0. The fourth-order valence-corrected chi connectivity index (χ4v) is 2.96. The van der Waals surface area contributed by atoms with E-state index < -0.39 is 0 Å². The van der Waals surface area contributed by atoms with Crippen molar-refractivity contribution in [1.82, 2.24) is 10.2 Å². The molecule has 2 unspecified atom stereocenters. The largest absolute Gasteiger partial charge is 0.313 e. The Hall–Kier alpha value is -0.860. The highest BCUT2D eigenvalue weighted by molar-refractivity contribution is 5.14. The fourth-order valence-electron chi connectivity index (χ4n) is 2.96. The lowest BCUT2D eigenvalue weighted by molar-refractivity contribution is 0.205. The molecule has 2 rings (SSSR count). The Kier molecular flexibility index (Phi) is 4.57. The lowest BCUT2D eigenvalue weighted by Gasteiger charge is -2.30. The molecule has 0 radical (unpaired) electrons. The molecule has 0 saturated heterocycles. The van der Waals surface area contributed by atoms with Gasteiger partial charge in [-0.2, -0.15) is 0 Å². The maximum Gasteiger partial charge on any atom is 0.0249 e. The van der Waals surface area contributed by atoms with Gasteiger partial charge in [0.1, 0.15) is 0 Å². The average Bonchev–Trinajstić information content (AvgIpc) is 2.79. The molecule has 2 heteroatoms. The van der Waals surface area contributed by atoms with Crippen LogP contribution in [-0.2, 0) is 6.54 Å². The average molecular weight is 232 g/mol. The summed E-state index contributed by atoms with van der Waals surface area (Å²) in [6.07, 6.45) is 4.03. The van der Waals surface area contributed by atoms with E-state index in [1.165, 1.54) is 24.8 Å². The first kappa shape index (κ1) is 12.6. The Morgan fingerprint density at radius 3 is 2.71 bits per heavy atom. The van der Waals surface area contributed by atoms with Crippen LogP contribution in [0.3, 0.4) is 0 Å². The van der Waals surface area contributed by atoms with Gasteiger partial charge in [0, 0.05) is 18.6 Å². The van der Waals surface area contributed by atoms with Crippen molar-refractivity contribution in [2.24, 2.45) is 0 Å². The van der Waals surface area contributed by atoms with Gasteiger partial charge in [-0.25, -0.2) is 0 Å². The van der Waals surface area contributed by atoms with E-state index >= 15 is 0 Å². The third kappa shape index (κ3) is 3.30. The van der Waals surface area contributed by atoms with Crippen LogP contribution in [0.4, 0.5) is 0 Å². The van der Waals surface area contributed by atoms with Gasteiger partial charge < -0.3 is 5.32 Å². The highest BCUT2D eigenvalue weighted by Crippen LogP contribution is 2.24. The molecular formula is C15H24N2. The molecule has 0 aromatic heterocycles. The Balaban J connectivity index is 1.93. The van der Waals surface area contributed by atoms with Crippen molar-refractivity contribution in [2.75, 3.05) is 13.6 Å². The van der Waals surface area contributed by atoms with Crippen molar-refractivity contribution in [3.8, 4) is 0 Å². The molecule has 1 saturated carbocycles. The van der Waals surface area contributed by atoms with Gasteiger partial charge in [0.2, 0.25) is 0 Å². The summed E-state index contributed by atoms with van der Waals surface area (Å²) >= 11 is 0. The second-order valence-corrected chi connectivity index (χ2v) is 5.06. The third-order valence-electron chi connectivity index (χ3n) is 3.79. The number of nitrogens with zero attached hydrogens (tertiary/aromatic N) is 1. The van der Waals surface area contributed by atoms with Crippen molar-refractivity contribution in [3.63, 3.8) is 0 Å². The number of rotatable bonds is 5. The maximum atomic E-state index is 3.62. The molecule has 0 heterocycles. The SMILES string of the molecule is CCNC1CCCC1N(C)Cc1ccccc1. The zero-order chi connectivity index (χ0) is 12.1. The van der Waals surface area contributed by atoms with E-state index in [4.69, 9.17) is 0 Å². The number of benzene rings is 1. The second kappa shape index (κ2) is 6.18. The Morgan fingerprint density at radius 2 is 2.00 bits per heavy atom. The molecule has 1 aromatic carbocycles. The first-order chi connectivity index (χ1) is 8.31. The Morgan fingerprint density at radius 1 is 1.24 bits per heavy atom. The van der Waals surface area contributed by atoms with Crippen LogP contribution in [0.15, 0.2) is 30.3 Å². The first-order valence-electron chi connectivity index (χ1n) is 6.79. The Bertz CT molecular complexity index is 323. The molecule has 2 nitrogen and oxygen atoms in total. The molecule has 0 spiro atoms. The van der Waals surface area contributed by atoms with Crippen LogP contribution in [0.5, 0.6) is 0 Å². The maximum absolute atomic E-state index is 3.62. The summed E-state index contributed by atoms with van der Waals surface area (Å²) in [5, 5.41) is 3.62. The minimum atomic E-state index is 0.689. The molecule has 0 amide bonds. The molecular weight excluding hydrogens is 208 g/mol. The fraction of sp³-hybridized carbons (Fsp3) is 0.600. The van der Waals surface area contributed by atoms with E-state index in [0.717, 1.165) is 13.1 Å². The number of likely N-dealkylation sites (N-methyl/N-ethyl adjacent to an activating group) is 2. The molecule has 1 N–H and O–H groups in total. The van der Waals surface area contributed by atoms with Gasteiger partial charge in [-0.05, 0) is 32.0 Å². The van der Waals surface area contributed by atoms with E-state index in [1.807, 2.05) is 0 Å². The second-order valence-electron chi connectivity index (χ2n) is 5.06. The molecule has 2 atom stereocenters. The van der Waals surface area contributed by atoms with Crippen LogP contribution in [0.1, 0.15) is 31.7 Å². The van der Waals surface area contributed by atoms with Crippen molar-refractivity contribution in [2.45, 2.75) is 44.8 Å². The predicted molar refractivity (Wildman–Crippen MR) is 73.0 cm³/mol. The van der Waals surface area contributed by atoms with E-state index in [0.29, 0.717) is 12.1 Å². The van der Waals surface area contributed by atoms with Gasteiger partial charge in [-0.3, -0.25) is 4.90 Å². The normalized spacial score (nSPS) is 24.4. The van der Waals surface area contributed by atoms with Crippen LogP contribution in [0.2, 0.25) is 0 Å². The first-order valence-corrected chi connectivity index (χ1v) is 6.79. The molecule has 1 fully saturated rings. The highest BCUT2D eigenvalue weighted by atomic mass is 15.2. The predicted octanol–water partition coefficient (Wildman–Crippen LogP) is 2.65. The quantitative estimate of drug-likeness (QED) is 0.839. The minimum Gasteiger partial charge on any atom is -0.313 e. The standard InChI is InChI=1S/C15H24N2/c1-3-16-14-10-7-11-15(14)17(2)12-13-8-5-4-6-9-13/h4-6,8-9,14-16H,3,7,10-12H2,1-2H3. The van der Waals surface area contributed by atoms with E-state index in [2.05, 4.69) is 54.5 Å². The Labute approximate surface area is 105 Å². The smallest absolute Gasteiger partial charge is 0.0249 e. The molecule has 0 aliphatic heterocycles.